The lowest BCUT2D eigenvalue weighted by Crippen LogP contribution is -2.38. The van der Waals surface area contributed by atoms with Crippen molar-refractivity contribution < 1.29 is 9.59 Å². The highest BCUT2D eigenvalue weighted by Gasteiger charge is 2.14. The van der Waals surface area contributed by atoms with Gasteiger partial charge in [0, 0.05) is 31.3 Å². The molecule has 0 aliphatic carbocycles. The average molecular weight is 310 g/mol. The number of rotatable bonds is 5. The van der Waals surface area contributed by atoms with Crippen LogP contribution in [0.5, 0.6) is 0 Å². The molecule has 0 aliphatic heterocycles. The highest BCUT2D eigenvalue weighted by atomic mass is 16.2. The van der Waals surface area contributed by atoms with Crippen molar-refractivity contribution in [3.63, 3.8) is 0 Å². The molecule has 1 N–H and O–H groups in total. The fourth-order valence-electron chi connectivity index (χ4n) is 2.43. The SMILES string of the molecule is CC(=O)N(CCNC(=O)c1ccccc1)c1cc(C)ccc1C. The largest absolute Gasteiger partial charge is 0.350 e. The summed E-state index contributed by atoms with van der Waals surface area (Å²) in [4.78, 5) is 25.7. The number of carbonyl (C=O) groups is 2. The number of anilines is 1. The molecule has 4 heteroatoms. The maximum Gasteiger partial charge on any atom is 0.251 e. The third-order valence-corrected chi connectivity index (χ3v) is 3.69. The van der Waals surface area contributed by atoms with Crippen LogP contribution in [0.15, 0.2) is 48.5 Å². The fraction of sp³-hybridized carbons (Fsp3) is 0.263. The van der Waals surface area contributed by atoms with Crippen LogP contribution >= 0.6 is 0 Å². The van der Waals surface area contributed by atoms with Crippen LogP contribution in [0.2, 0.25) is 0 Å². The third-order valence-electron chi connectivity index (χ3n) is 3.69. The number of nitrogens with zero attached hydrogens (tertiary/aromatic N) is 1. The van der Waals surface area contributed by atoms with Crippen LogP contribution in [-0.4, -0.2) is 24.9 Å². The topological polar surface area (TPSA) is 49.4 Å². The standard InChI is InChI=1S/C19H22N2O2/c1-14-9-10-15(2)18(13-14)21(16(3)22)12-11-20-19(23)17-7-5-4-6-8-17/h4-10,13H,11-12H2,1-3H3,(H,20,23). The Kier molecular flexibility index (Phi) is 5.52. The van der Waals surface area contributed by atoms with E-state index in [4.69, 9.17) is 0 Å². The molecule has 0 atom stereocenters. The van der Waals surface area contributed by atoms with E-state index >= 15 is 0 Å². The Hall–Kier alpha value is -2.62. The minimum Gasteiger partial charge on any atom is -0.350 e. The molecule has 0 bridgehead atoms. The molecule has 0 unspecified atom stereocenters. The van der Waals surface area contributed by atoms with Gasteiger partial charge in [-0.15, -0.1) is 0 Å². The summed E-state index contributed by atoms with van der Waals surface area (Å²) in [7, 11) is 0. The molecule has 0 fully saturated rings. The maximum absolute atomic E-state index is 12.0. The Morgan fingerprint density at radius 1 is 1.04 bits per heavy atom. The lowest BCUT2D eigenvalue weighted by molar-refractivity contribution is -0.116. The van der Waals surface area contributed by atoms with Crippen molar-refractivity contribution in [2.75, 3.05) is 18.0 Å². The highest BCUT2D eigenvalue weighted by molar-refractivity contribution is 5.95. The van der Waals surface area contributed by atoms with Gasteiger partial charge >= 0.3 is 0 Å². The molecular formula is C19H22N2O2. The second-order valence-electron chi connectivity index (χ2n) is 5.58. The van der Waals surface area contributed by atoms with Gasteiger partial charge in [0.25, 0.3) is 5.91 Å². The van der Waals surface area contributed by atoms with Crippen LogP contribution in [0.1, 0.15) is 28.4 Å². The number of hydrogen-bond acceptors (Lipinski definition) is 2. The smallest absolute Gasteiger partial charge is 0.251 e. The van der Waals surface area contributed by atoms with Crippen LogP contribution in [0.4, 0.5) is 5.69 Å². The van der Waals surface area contributed by atoms with E-state index in [1.165, 1.54) is 0 Å². The predicted octanol–water partition coefficient (Wildman–Crippen LogP) is 3.09. The van der Waals surface area contributed by atoms with Gasteiger partial charge in [0.05, 0.1) is 0 Å². The van der Waals surface area contributed by atoms with Crippen LogP contribution in [0.3, 0.4) is 0 Å². The number of hydrogen-bond donors (Lipinski definition) is 1. The minimum atomic E-state index is -0.130. The molecular weight excluding hydrogens is 288 g/mol. The Balaban J connectivity index is 2.02. The molecule has 0 saturated carbocycles. The summed E-state index contributed by atoms with van der Waals surface area (Å²) in [5, 5.41) is 2.86. The van der Waals surface area contributed by atoms with E-state index in [1.54, 1.807) is 24.0 Å². The van der Waals surface area contributed by atoms with Gasteiger partial charge in [0.2, 0.25) is 5.91 Å². The zero-order chi connectivity index (χ0) is 16.8. The monoisotopic (exact) mass is 310 g/mol. The normalized spacial score (nSPS) is 10.2. The number of carbonyl (C=O) groups excluding carboxylic acids is 2. The second kappa shape index (κ2) is 7.58. The molecule has 2 amide bonds. The average Bonchev–Trinajstić information content (AvgIpc) is 2.54. The first kappa shape index (κ1) is 16.7. The zero-order valence-corrected chi connectivity index (χ0v) is 13.8. The van der Waals surface area contributed by atoms with E-state index in [1.807, 2.05) is 50.2 Å². The Labute approximate surface area is 137 Å². The second-order valence-corrected chi connectivity index (χ2v) is 5.58. The van der Waals surface area contributed by atoms with E-state index in [-0.39, 0.29) is 11.8 Å². The molecule has 2 aromatic carbocycles. The number of amides is 2. The Bertz CT molecular complexity index is 696. The first-order chi connectivity index (χ1) is 11.0. The molecule has 0 aromatic heterocycles. The molecule has 4 nitrogen and oxygen atoms in total. The van der Waals surface area contributed by atoms with E-state index in [9.17, 15) is 9.59 Å². The molecule has 2 rings (SSSR count). The van der Waals surface area contributed by atoms with Crippen molar-refractivity contribution in [1.29, 1.82) is 0 Å². The van der Waals surface area contributed by atoms with Crippen molar-refractivity contribution in [3.8, 4) is 0 Å². The molecule has 0 spiro atoms. The van der Waals surface area contributed by atoms with Crippen molar-refractivity contribution in [1.82, 2.24) is 5.32 Å². The first-order valence-corrected chi connectivity index (χ1v) is 7.67. The van der Waals surface area contributed by atoms with Crippen molar-refractivity contribution in [3.05, 3.63) is 65.2 Å². The minimum absolute atomic E-state index is 0.0346. The van der Waals surface area contributed by atoms with Gasteiger partial charge in [-0.3, -0.25) is 9.59 Å². The molecule has 0 saturated heterocycles. The summed E-state index contributed by atoms with van der Waals surface area (Å²) < 4.78 is 0. The van der Waals surface area contributed by atoms with Gasteiger partial charge < -0.3 is 10.2 Å². The van der Waals surface area contributed by atoms with Crippen LogP contribution in [0, 0.1) is 13.8 Å². The van der Waals surface area contributed by atoms with Gasteiger partial charge in [-0.25, -0.2) is 0 Å². The molecule has 0 radical (unpaired) electrons. The van der Waals surface area contributed by atoms with Crippen LogP contribution in [-0.2, 0) is 4.79 Å². The zero-order valence-electron chi connectivity index (χ0n) is 13.8. The lowest BCUT2D eigenvalue weighted by Gasteiger charge is -2.23. The van der Waals surface area contributed by atoms with E-state index in [0.717, 1.165) is 16.8 Å². The van der Waals surface area contributed by atoms with Crippen LogP contribution < -0.4 is 10.2 Å². The number of benzene rings is 2. The van der Waals surface area contributed by atoms with E-state index in [0.29, 0.717) is 18.7 Å². The van der Waals surface area contributed by atoms with Gasteiger partial charge in [-0.1, -0.05) is 30.3 Å². The molecule has 23 heavy (non-hydrogen) atoms. The van der Waals surface area contributed by atoms with Crippen molar-refractivity contribution in [2.24, 2.45) is 0 Å². The molecule has 120 valence electrons. The summed E-state index contributed by atoms with van der Waals surface area (Å²) >= 11 is 0. The quantitative estimate of drug-likeness (QED) is 0.922. The fourth-order valence-corrected chi connectivity index (χ4v) is 2.43. The maximum atomic E-state index is 12.0. The van der Waals surface area contributed by atoms with Crippen LogP contribution in [0.25, 0.3) is 0 Å². The molecule has 2 aromatic rings. The summed E-state index contributed by atoms with van der Waals surface area (Å²) in [6, 6.07) is 15.1. The van der Waals surface area contributed by atoms with E-state index < -0.39 is 0 Å². The van der Waals surface area contributed by atoms with E-state index in [2.05, 4.69) is 5.32 Å². The Morgan fingerprint density at radius 3 is 2.39 bits per heavy atom. The van der Waals surface area contributed by atoms with Crippen molar-refractivity contribution >= 4 is 17.5 Å². The third kappa shape index (κ3) is 4.42. The summed E-state index contributed by atoms with van der Waals surface area (Å²) in [6.45, 7) is 6.37. The lowest BCUT2D eigenvalue weighted by atomic mass is 10.1. The summed E-state index contributed by atoms with van der Waals surface area (Å²) in [5.41, 5.74) is 3.66. The molecule has 0 heterocycles. The van der Waals surface area contributed by atoms with Gasteiger partial charge in [-0.05, 0) is 43.2 Å². The summed E-state index contributed by atoms with van der Waals surface area (Å²) in [6.07, 6.45) is 0. The molecule has 0 aliphatic rings. The van der Waals surface area contributed by atoms with Crippen molar-refractivity contribution in [2.45, 2.75) is 20.8 Å². The first-order valence-electron chi connectivity index (χ1n) is 7.67. The predicted molar refractivity (Wildman–Crippen MR) is 92.7 cm³/mol. The number of nitrogens with one attached hydrogen (secondary N) is 1. The summed E-state index contributed by atoms with van der Waals surface area (Å²) in [5.74, 6) is -0.164. The van der Waals surface area contributed by atoms with Gasteiger partial charge in [-0.2, -0.15) is 0 Å². The Morgan fingerprint density at radius 2 is 1.74 bits per heavy atom. The van der Waals surface area contributed by atoms with Gasteiger partial charge in [0.1, 0.15) is 0 Å². The van der Waals surface area contributed by atoms with Gasteiger partial charge in [0.15, 0.2) is 0 Å². The highest BCUT2D eigenvalue weighted by Crippen LogP contribution is 2.21. The number of aryl methyl sites for hydroxylation is 2.